The van der Waals surface area contributed by atoms with E-state index in [0.29, 0.717) is 0 Å². The first kappa shape index (κ1) is 23.8. The third-order valence-electron chi connectivity index (χ3n) is 5.33. The summed E-state index contributed by atoms with van der Waals surface area (Å²) in [7, 11) is 0. The summed E-state index contributed by atoms with van der Waals surface area (Å²) in [4.78, 5) is 18.2. The Labute approximate surface area is 208 Å². The van der Waals surface area contributed by atoms with Gasteiger partial charge in [0.2, 0.25) is 0 Å². The molecule has 4 heteroatoms. The molecule has 0 aliphatic carbocycles. The summed E-state index contributed by atoms with van der Waals surface area (Å²) in [6.45, 7) is 0. The molecular formula is C32H20O4. The maximum Gasteiger partial charge on any atom is 0.414 e. The van der Waals surface area contributed by atoms with Gasteiger partial charge in [0.25, 0.3) is 0 Å². The molecule has 5 aromatic carbocycles. The summed E-state index contributed by atoms with van der Waals surface area (Å²) < 4.78 is 0. The summed E-state index contributed by atoms with van der Waals surface area (Å²) in [5, 5.41) is 19.3. The maximum atomic E-state index is 9.10. The predicted molar refractivity (Wildman–Crippen MR) is 142 cm³/mol. The first-order valence-corrected chi connectivity index (χ1v) is 11.1. The molecule has 0 spiro atoms. The fourth-order valence-corrected chi connectivity index (χ4v) is 3.71. The SMILES string of the molecule is C(#Cc1c2ccccc2c(C#Cc2ccccc2)c2ccccc12)c1ccccc1.O=C(O)C(=O)O. The van der Waals surface area contributed by atoms with E-state index in [-0.39, 0.29) is 0 Å². The van der Waals surface area contributed by atoms with Gasteiger partial charge in [0.15, 0.2) is 0 Å². The van der Waals surface area contributed by atoms with Crippen molar-refractivity contribution in [1.82, 2.24) is 0 Å². The molecule has 172 valence electrons. The molecule has 0 bridgehead atoms. The molecule has 4 nitrogen and oxygen atoms in total. The van der Waals surface area contributed by atoms with Gasteiger partial charge in [-0.15, -0.1) is 0 Å². The Kier molecular flexibility index (Phi) is 7.41. The van der Waals surface area contributed by atoms with Crippen molar-refractivity contribution in [2.45, 2.75) is 0 Å². The average Bonchev–Trinajstić information content (AvgIpc) is 2.92. The minimum Gasteiger partial charge on any atom is -0.473 e. The van der Waals surface area contributed by atoms with Crippen molar-refractivity contribution < 1.29 is 19.8 Å². The molecule has 0 aromatic heterocycles. The monoisotopic (exact) mass is 468 g/mol. The highest BCUT2D eigenvalue weighted by Gasteiger charge is 2.11. The van der Waals surface area contributed by atoms with Crippen molar-refractivity contribution in [2.75, 3.05) is 0 Å². The molecule has 2 N–H and O–H groups in total. The number of aliphatic carboxylic acids is 2. The minimum atomic E-state index is -1.82. The van der Waals surface area contributed by atoms with E-state index in [9.17, 15) is 0 Å². The number of carbonyl (C=O) groups is 2. The van der Waals surface area contributed by atoms with Crippen LogP contribution in [0.3, 0.4) is 0 Å². The van der Waals surface area contributed by atoms with Crippen LogP contribution in [0.5, 0.6) is 0 Å². The zero-order chi connectivity index (χ0) is 25.3. The van der Waals surface area contributed by atoms with E-state index < -0.39 is 11.9 Å². The van der Waals surface area contributed by atoms with Crippen LogP contribution in [-0.4, -0.2) is 22.2 Å². The number of rotatable bonds is 0. The van der Waals surface area contributed by atoms with Crippen LogP contribution in [0.4, 0.5) is 0 Å². The van der Waals surface area contributed by atoms with Crippen LogP contribution < -0.4 is 0 Å². The van der Waals surface area contributed by atoms with Gasteiger partial charge in [-0.05, 0) is 45.8 Å². The van der Waals surface area contributed by atoms with Gasteiger partial charge in [-0.25, -0.2) is 9.59 Å². The Morgan fingerprint density at radius 3 is 0.972 bits per heavy atom. The molecule has 0 fully saturated rings. The third-order valence-corrected chi connectivity index (χ3v) is 5.33. The Bertz CT molecular complexity index is 1500. The number of carboxylic acid groups (broad SMARTS) is 2. The van der Waals surface area contributed by atoms with Gasteiger partial charge in [-0.3, -0.25) is 0 Å². The number of fused-ring (bicyclic) bond motifs is 2. The van der Waals surface area contributed by atoms with Crippen LogP contribution in [-0.2, 0) is 9.59 Å². The van der Waals surface area contributed by atoms with Crippen LogP contribution in [0.25, 0.3) is 21.5 Å². The average molecular weight is 469 g/mol. The first-order valence-electron chi connectivity index (χ1n) is 11.1. The van der Waals surface area contributed by atoms with Crippen molar-refractivity contribution in [3.63, 3.8) is 0 Å². The van der Waals surface area contributed by atoms with Crippen LogP contribution in [0, 0.1) is 23.7 Å². The number of carboxylic acids is 2. The smallest absolute Gasteiger partial charge is 0.414 e. The van der Waals surface area contributed by atoms with E-state index in [1.807, 2.05) is 60.7 Å². The summed E-state index contributed by atoms with van der Waals surface area (Å²) in [6.07, 6.45) is 0. The predicted octanol–water partition coefficient (Wildman–Crippen LogP) is 5.95. The minimum absolute atomic E-state index is 1.01. The molecule has 0 saturated heterocycles. The lowest BCUT2D eigenvalue weighted by Gasteiger charge is -2.10. The largest absolute Gasteiger partial charge is 0.473 e. The van der Waals surface area contributed by atoms with E-state index in [0.717, 1.165) is 43.8 Å². The first-order chi connectivity index (χ1) is 17.5. The molecule has 0 heterocycles. The summed E-state index contributed by atoms with van der Waals surface area (Å²) >= 11 is 0. The highest BCUT2D eigenvalue weighted by Crippen LogP contribution is 2.32. The third kappa shape index (κ3) is 5.59. The Hall–Kier alpha value is -5.32. The second kappa shape index (κ2) is 11.2. The Morgan fingerprint density at radius 2 is 0.694 bits per heavy atom. The normalized spacial score (nSPS) is 9.67. The molecular weight excluding hydrogens is 448 g/mol. The van der Waals surface area contributed by atoms with Crippen LogP contribution in [0.1, 0.15) is 22.3 Å². The van der Waals surface area contributed by atoms with Gasteiger partial charge in [-0.1, -0.05) is 109 Å². The highest BCUT2D eigenvalue weighted by atomic mass is 16.4. The van der Waals surface area contributed by atoms with Gasteiger partial charge in [-0.2, -0.15) is 0 Å². The van der Waals surface area contributed by atoms with Crippen molar-refractivity contribution >= 4 is 33.5 Å². The lowest BCUT2D eigenvalue weighted by atomic mass is 9.92. The molecule has 5 rings (SSSR count). The summed E-state index contributed by atoms with van der Waals surface area (Å²) in [6, 6.07) is 37.1. The van der Waals surface area contributed by atoms with Crippen LogP contribution in [0.15, 0.2) is 109 Å². The lowest BCUT2D eigenvalue weighted by molar-refractivity contribution is -0.159. The molecule has 0 atom stereocenters. The molecule has 0 amide bonds. The van der Waals surface area contributed by atoms with E-state index in [2.05, 4.69) is 72.2 Å². The lowest BCUT2D eigenvalue weighted by Crippen LogP contribution is -2.09. The number of hydrogen-bond donors (Lipinski definition) is 2. The fourth-order valence-electron chi connectivity index (χ4n) is 3.71. The van der Waals surface area contributed by atoms with Gasteiger partial charge >= 0.3 is 11.9 Å². The van der Waals surface area contributed by atoms with E-state index >= 15 is 0 Å². The summed E-state index contributed by atoms with van der Waals surface area (Å²) in [5.41, 5.74) is 4.13. The van der Waals surface area contributed by atoms with Crippen LogP contribution in [0.2, 0.25) is 0 Å². The summed E-state index contributed by atoms with van der Waals surface area (Å²) in [5.74, 6) is 9.92. The second-order valence-corrected chi connectivity index (χ2v) is 7.68. The fraction of sp³-hybridized carbons (Fsp3) is 0. The topological polar surface area (TPSA) is 74.6 Å². The van der Waals surface area contributed by atoms with Gasteiger partial charge in [0.1, 0.15) is 0 Å². The molecule has 5 aromatic rings. The molecule has 0 saturated carbocycles. The van der Waals surface area contributed by atoms with Crippen LogP contribution >= 0.6 is 0 Å². The van der Waals surface area contributed by atoms with Crippen molar-refractivity contribution in [3.8, 4) is 23.7 Å². The zero-order valence-corrected chi connectivity index (χ0v) is 19.1. The molecule has 0 unspecified atom stereocenters. The van der Waals surface area contributed by atoms with E-state index in [1.165, 1.54) is 0 Å². The standard InChI is InChI=1S/C30H18.C2H2O4/c1-3-11-23(12-4-1)19-21-29-25-15-7-9-17-27(25)30(28-18-10-8-16-26(28)29)22-20-24-13-5-2-6-14-24;3-1(4)2(5)6/h1-18H;(H,3,4)(H,5,6). The van der Waals surface area contributed by atoms with Gasteiger partial charge in [0, 0.05) is 22.3 Å². The number of hydrogen-bond acceptors (Lipinski definition) is 2. The van der Waals surface area contributed by atoms with E-state index in [1.54, 1.807) is 0 Å². The zero-order valence-electron chi connectivity index (χ0n) is 19.1. The molecule has 0 aliphatic heterocycles. The Balaban J connectivity index is 0.000000455. The second-order valence-electron chi connectivity index (χ2n) is 7.68. The van der Waals surface area contributed by atoms with Crippen molar-refractivity contribution in [3.05, 3.63) is 131 Å². The van der Waals surface area contributed by atoms with E-state index in [4.69, 9.17) is 19.8 Å². The van der Waals surface area contributed by atoms with Gasteiger partial charge < -0.3 is 10.2 Å². The highest BCUT2D eigenvalue weighted by molar-refractivity contribution is 6.27. The Morgan fingerprint density at radius 1 is 0.417 bits per heavy atom. The molecule has 0 radical (unpaired) electrons. The molecule has 36 heavy (non-hydrogen) atoms. The maximum absolute atomic E-state index is 9.10. The van der Waals surface area contributed by atoms with Crippen molar-refractivity contribution in [2.24, 2.45) is 0 Å². The molecule has 0 aliphatic rings. The van der Waals surface area contributed by atoms with Gasteiger partial charge in [0.05, 0.1) is 0 Å². The van der Waals surface area contributed by atoms with Crippen molar-refractivity contribution in [1.29, 1.82) is 0 Å². The quantitative estimate of drug-likeness (QED) is 0.167. The number of benzene rings is 5.